The molecular weight excluding hydrogens is 244 g/mol. The number of nitrogens with zero attached hydrogens (tertiary/aromatic N) is 1. The molecule has 0 amide bonds. The van der Waals surface area contributed by atoms with Crippen LogP contribution in [0.4, 0.5) is 0 Å². The van der Waals surface area contributed by atoms with Gasteiger partial charge in [-0.05, 0) is 58.0 Å². The molecule has 1 unspecified atom stereocenters. The fourth-order valence-corrected chi connectivity index (χ4v) is 2.49. The minimum Gasteiger partial charge on any atom is -0.463 e. The largest absolute Gasteiger partial charge is 0.463 e. The third-order valence-corrected chi connectivity index (χ3v) is 3.95. The van der Waals surface area contributed by atoms with Crippen LogP contribution >= 0.6 is 11.8 Å². The summed E-state index contributed by atoms with van der Waals surface area (Å²) in [5, 5.41) is 3.13. The minimum atomic E-state index is 0.593. The van der Waals surface area contributed by atoms with E-state index in [0.717, 1.165) is 24.6 Å². The maximum atomic E-state index is 5.87. The molecule has 0 radical (unpaired) electrons. The molecule has 0 saturated heterocycles. The number of rotatable bonds is 8. The van der Waals surface area contributed by atoms with Crippen molar-refractivity contribution in [1.29, 1.82) is 0 Å². The highest BCUT2D eigenvalue weighted by Crippen LogP contribution is 2.17. The standard InChI is InChI=1S/C14H26N2OS/c1-11-8-13(17-14(11)9-15-3)10-16(4)12(2)6-7-18-5/h8,12,15H,6-7,9-10H2,1-5H3. The van der Waals surface area contributed by atoms with Crippen LogP contribution in [0.3, 0.4) is 0 Å². The van der Waals surface area contributed by atoms with E-state index >= 15 is 0 Å². The number of nitrogens with one attached hydrogen (secondary N) is 1. The molecule has 0 spiro atoms. The number of hydrogen-bond donors (Lipinski definition) is 1. The van der Waals surface area contributed by atoms with E-state index in [0.29, 0.717) is 6.04 Å². The second-order valence-electron chi connectivity index (χ2n) is 4.89. The highest BCUT2D eigenvalue weighted by Gasteiger charge is 2.13. The van der Waals surface area contributed by atoms with Crippen molar-refractivity contribution in [2.75, 3.05) is 26.1 Å². The second kappa shape index (κ2) is 7.87. The molecule has 104 valence electrons. The van der Waals surface area contributed by atoms with Crippen molar-refractivity contribution in [1.82, 2.24) is 10.2 Å². The quantitative estimate of drug-likeness (QED) is 0.786. The van der Waals surface area contributed by atoms with Crippen molar-refractivity contribution in [3.63, 3.8) is 0 Å². The molecule has 0 aliphatic heterocycles. The molecule has 1 aromatic heterocycles. The summed E-state index contributed by atoms with van der Waals surface area (Å²) in [6, 6.07) is 2.75. The van der Waals surface area contributed by atoms with Gasteiger partial charge in [-0.1, -0.05) is 0 Å². The maximum Gasteiger partial charge on any atom is 0.120 e. The van der Waals surface area contributed by atoms with Gasteiger partial charge in [0.2, 0.25) is 0 Å². The number of hydrogen-bond acceptors (Lipinski definition) is 4. The molecule has 1 N–H and O–H groups in total. The van der Waals surface area contributed by atoms with Gasteiger partial charge in [0, 0.05) is 6.04 Å². The molecule has 1 heterocycles. The van der Waals surface area contributed by atoms with Gasteiger partial charge >= 0.3 is 0 Å². The molecule has 0 bridgehead atoms. The van der Waals surface area contributed by atoms with Gasteiger partial charge in [-0.2, -0.15) is 11.8 Å². The summed E-state index contributed by atoms with van der Waals surface area (Å²) >= 11 is 1.91. The zero-order chi connectivity index (χ0) is 13.5. The molecule has 4 heteroatoms. The Bertz CT molecular complexity index is 352. The minimum absolute atomic E-state index is 0.593. The van der Waals surface area contributed by atoms with E-state index in [1.807, 2.05) is 18.8 Å². The summed E-state index contributed by atoms with van der Waals surface area (Å²) in [5.74, 6) is 3.34. The van der Waals surface area contributed by atoms with Crippen LogP contribution in [0.15, 0.2) is 10.5 Å². The molecule has 0 fully saturated rings. The van der Waals surface area contributed by atoms with E-state index in [1.165, 1.54) is 17.7 Å². The van der Waals surface area contributed by atoms with Crippen LogP contribution in [-0.2, 0) is 13.1 Å². The molecule has 1 rings (SSSR count). The molecule has 0 aromatic carbocycles. The Morgan fingerprint density at radius 1 is 1.50 bits per heavy atom. The van der Waals surface area contributed by atoms with Crippen molar-refractivity contribution < 1.29 is 4.42 Å². The first kappa shape index (κ1) is 15.6. The summed E-state index contributed by atoms with van der Waals surface area (Å²) in [7, 11) is 4.11. The fraction of sp³-hybridized carbons (Fsp3) is 0.714. The lowest BCUT2D eigenvalue weighted by Gasteiger charge is -2.23. The Morgan fingerprint density at radius 2 is 2.22 bits per heavy atom. The van der Waals surface area contributed by atoms with Crippen molar-refractivity contribution in [2.45, 2.75) is 39.4 Å². The van der Waals surface area contributed by atoms with E-state index in [4.69, 9.17) is 4.42 Å². The molecule has 3 nitrogen and oxygen atoms in total. The van der Waals surface area contributed by atoms with Crippen molar-refractivity contribution in [3.8, 4) is 0 Å². The topological polar surface area (TPSA) is 28.4 Å². The summed E-state index contributed by atoms with van der Waals surface area (Å²) in [6.07, 6.45) is 3.38. The van der Waals surface area contributed by atoms with Crippen LogP contribution in [0.1, 0.15) is 30.4 Å². The van der Waals surface area contributed by atoms with Crippen LogP contribution in [0.25, 0.3) is 0 Å². The fourth-order valence-electron chi connectivity index (χ4n) is 1.91. The second-order valence-corrected chi connectivity index (χ2v) is 5.88. The molecule has 1 aromatic rings. The molecule has 18 heavy (non-hydrogen) atoms. The van der Waals surface area contributed by atoms with Crippen LogP contribution < -0.4 is 5.32 Å². The zero-order valence-corrected chi connectivity index (χ0v) is 13.1. The molecule has 1 atom stereocenters. The Hall–Kier alpha value is -0.450. The van der Waals surface area contributed by atoms with Gasteiger partial charge in [-0.3, -0.25) is 4.90 Å². The first-order valence-corrected chi connectivity index (χ1v) is 7.89. The average molecular weight is 270 g/mol. The SMILES string of the molecule is CNCc1oc(CN(C)C(C)CCSC)cc1C. The number of furan rings is 1. The highest BCUT2D eigenvalue weighted by atomic mass is 32.2. The van der Waals surface area contributed by atoms with Crippen LogP contribution in [0.5, 0.6) is 0 Å². The molecule has 0 aliphatic carbocycles. The molecule has 0 saturated carbocycles. The molecular formula is C14H26N2OS. The normalized spacial score (nSPS) is 13.2. The zero-order valence-electron chi connectivity index (χ0n) is 12.2. The van der Waals surface area contributed by atoms with E-state index in [9.17, 15) is 0 Å². The van der Waals surface area contributed by atoms with Gasteiger partial charge in [-0.25, -0.2) is 0 Å². The van der Waals surface area contributed by atoms with Gasteiger partial charge in [0.15, 0.2) is 0 Å². The maximum absolute atomic E-state index is 5.87. The Balaban J connectivity index is 2.53. The lowest BCUT2D eigenvalue weighted by molar-refractivity contribution is 0.224. The number of aryl methyl sites for hydroxylation is 1. The lowest BCUT2D eigenvalue weighted by atomic mass is 10.2. The number of thioether (sulfide) groups is 1. The summed E-state index contributed by atoms with van der Waals surface area (Å²) in [4.78, 5) is 2.36. The summed E-state index contributed by atoms with van der Waals surface area (Å²) < 4.78 is 5.87. The Labute approximate surface area is 115 Å². The van der Waals surface area contributed by atoms with Crippen LogP contribution in [0, 0.1) is 6.92 Å². The molecule has 0 aliphatic rings. The average Bonchev–Trinajstić information content (AvgIpc) is 2.67. The monoisotopic (exact) mass is 270 g/mol. The van der Waals surface area contributed by atoms with E-state index in [2.05, 4.69) is 43.4 Å². The Kier molecular flexibility index (Phi) is 6.82. The van der Waals surface area contributed by atoms with Crippen LogP contribution in [-0.4, -0.2) is 37.0 Å². The van der Waals surface area contributed by atoms with Crippen molar-refractivity contribution in [2.24, 2.45) is 0 Å². The smallest absolute Gasteiger partial charge is 0.120 e. The Morgan fingerprint density at radius 3 is 2.83 bits per heavy atom. The van der Waals surface area contributed by atoms with Gasteiger partial charge in [0.1, 0.15) is 11.5 Å². The van der Waals surface area contributed by atoms with Gasteiger partial charge in [0.25, 0.3) is 0 Å². The third-order valence-electron chi connectivity index (χ3n) is 3.31. The van der Waals surface area contributed by atoms with Gasteiger partial charge in [0.05, 0.1) is 13.1 Å². The first-order valence-electron chi connectivity index (χ1n) is 6.50. The van der Waals surface area contributed by atoms with Crippen molar-refractivity contribution in [3.05, 3.63) is 23.2 Å². The highest BCUT2D eigenvalue weighted by molar-refractivity contribution is 7.98. The van der Waals surface area contributed by atoms with Gasteiger partial charge in [-0.15, -0.1) is 0 Å². The van der Waals surface area contributed by atoms with E-state index in [-0.39, 0.29) is 0 Å². The van der Waals surface area contributed by atoms with Gasteiger partial charge < -0.3 is 9.73 Å². The third kappa shape index (κ3) is 4.67. The van der Waals surface area contributed by atoms with Crippen LogP contribution in [0.2, 0.25) is 0 Å². The first-order chi connectivity index (χ1) is 8.58. The lowest BCUT2D eigenvalue weighted by Crippen LogP contribution is -2.28. The predicted octanol–water partition coefficient (Wildman–Crippen LogP) is 2.88. The van der Waals surface area contributed by atoms with E-state index in [1.54, 1.807) is 0 Å². The summed E-state index contributed by atoms with van der Waals surface area (Å²) in [6.45, 7) is 6.08. The van der Waals surface area contributed by atoms with Crippen molar-refractivity contribution >= 4 is 11.8 Å². The predicted molar refractivity (Wildman–Crippen MR) is 80.1 cm³/mol. The summed E-state index contributed by atoms with van der Waals surface area (Å²) in [5.41, 5.74) is 1.24. The van der Waals surface area contributed by atoms with E-state index < -0.39 is 0 Å².